The Kier molecular flexibility index (Phi) is 2.78. The molecule has 1 aromatic carbocycles. The van der Waals surface area contributed by atoms with Crippen LogP contribution in [0.2, 0.25) is 0 Å². The van der Waals surface area contributed by atoms with Gasteiger partial charge in [-0.25, -0.2) is 9.97 Å². The first-order valence-electron chi connectivity index (χ1n) is 4.52. The van der Waals surface area contributed by atoms with E-state index in [1.165, 1.54) is 0 Å². The fourth-order valence-corrected chi connectivity index (χ4v) is 1.13. The van der Waals surface area contributed by atoms with Crippen molar-refractivity contribution in [2.24, 2.45) is 0 Å². The molecule has 0 aliphatic heterocycles. The van der Waals surface area contributed by atoms with Gasteiger partial charge in [-0.3, -0.25) is 0 Å². The second kappa shape index (κ2) is 4.41. The van der Waals surface area contributed by atoms with Crippen molar-refractivity contribution in [2.45, 2.75) is 6.61 Å². The molecule has 0 fully saturated rings. The molecule has 0 amide bonds. The van der Waals surface area contributed by atoms with E-state index >= 15 is 0 Å². The Morgan fingerprint density at radius 3 is 2.67 bits per heavy atom. The first-order chi connectivity index (χ1) is 7.34. The van der Waals surface area contributed by atoms with Crippen molar-refractivity contribution in [3.63, 3.8) is 0 Å². The van der Waals surface area contributed by atoms with E-state index in [0.29, 0.717) is 18.2 Å². The predicted molar refractivity (Wildman–Crippen MR) is 54.5 cm³/mol. The average Bonchev–Trinajstić information content (AvgIpc) is 2.28. The summed E-state index contributed by atoms with van der Waals surface area (Å²) in [6, 6.07) is 8.37. The molecule has 0 aliphatic carbocycles. The van der Waals surface area contributed by atoms with Crippen molar-refractivity contribution in [2.75, 3.05) is 0 Å². The molecular weight excluding hydrogens is 192 g/mol. The molecule has 1 aromatic heterocycles. The van der Waals surface area contributed by atoms with E-state index in [9.17, 15) is 5.11 Å². The normalized spacial score (nSPS) is 9.87. The van der Waals surface area contributed by atoms with E-state index in [-0.39, 0.29) is 5.75 Å². The summed E-state index contributed by atoms with van der Waals surface area (Å²) in [7, 11) is 0. The van der Waals surface area contributed by atoms with Crippen LogP contribution in [0.15, 0.2) is 42.7 Å². The molecule has 4 nitrogen and oxygen atoms in total. The summed E-state index contributed by atoms with van der Waals surface area (Å²) in [6.45, 7) is 0.296. The largest absolute Gasteiger partial charge is 0.508 e. The zero-order valence-electron chi connectivity index (χ0n) is 8.00. The number of phenolic OH excluding ortho intramolecular Hbond substituents is 1. The van der Waals surface area contributed by atoms with Crippen molar-refractivity contribution in [3.8, 4) is 11.5 Å². The molecule has 15 heavy (non-hydrogen) atoms. The molecule has 0 bridgehead atoms. The van der Waals surface area contributed by atoms with Crippen LogP contribution in [0, 0.1) is 0 Å². The lowest BCUT2D eigenvalue weighted by Crippen LogP contribution is -1.99. The van der Waals surface area contributed by atoms with Crippen molar-refractivity contribution >= 4 is 0 Å². The number of benzene rings is 1. The Morgan fingerprint density at radius 2 is 1.93 bits per heavy atom. The van der Waals surface area contributed by atoms with Gasteiger partial charge in [-0.05, 0) is 18.2 Å². The number of phenols is 1. The molecule has 0 radical (unpaired) electrons. The van der Waals surface area contributed by atoms with Gasteiger partial charge >= 0.3 is 0 Å². The Labute approximate surface area is 87.2 Å². The third-order valence-electron chi connectivity index (χ3n) is 1.80. The van der Waals surface area contributed by atoms with Crippen LogP contribution in [0.25, 0.3) is 0 Å². The molecule has 0 saturated carbocycles. The molecule has 2 aromatic rings. The van der Waals surface area contributed by atoms with Crippen LogP contribution in [0.4, 0.5) is 0 Å². The minimum atomic E-state index is 0.182. The molecule has 0 aliphatic rings. The average molecular weight is 202 g/mol. The van der Waals surface area contributed by atoms with E-state index < -0.39 is 0 Å². The summed E-state index contributed by atoms with van der Waals surface area (Å²) in [6.07, 6.45) is 3.32. The first-order valence-corrected chi connectivity index (χ1v) is 4.52. The number of ether oxygens (including phenoxy) is 1. The molecule has 2 rings (SSSR count). The third-order valence-corrected chi connectivity index (χ3v) is 1.80. The monoisotopic (exact) mass is 202 g/mol. The van der Waals surface area contributed by atoms with Crippen molar-refractivity contribution in [3.05, 3.63) is 48.5 Å². The van der Waals surface area contributed by atoms with E-state index in [0.717, 1.165) is 0 Å². The number of rotatable bonds is 3. The third kappa shape index (κ3) is 2.67. The quantitative estimate of drug-likeness (QED) is 0.823. The Balaban J connectivity index is 1.99. The highest BCUT2D eigenvalue weighted by Gasteiger charge is 1.97. The minimum Gasteiger partial charge on any atom is -0.508 e. The second-order valence-corrected chi connectivity index (χ2v) is 2.95. The molecule has 0 saturated heterocycles. The molecule has 0 atom stereocenters. The van der Waals surface area contributed by atoms with Gasteiger partial charge < -0.3 is 9.84 Å². The maximum absolute atomic E-state index is 9.20. The molecule has 4 heteroatoms. The van der Waals surface area contributed by atoms with Gasteiger partial charge in [0.05, 0.1) is 0 Å². The van der Waals surface area contributed by atoms with Crippen LogP contribution >= 0.6 is 0 Å². The Hall–Kier alpha value is -2.10. The predicted octanol–water partition coefficient (Wildman–Crippen LogP) is 1.76. The summed E-state index contributed by atoms with van der Waals surface area (Å²) in [5.41, 5.74) is 0. The molecule has 1 N–H and O–H groups in total. The summed E-state index contributed by atoms with van der Waals surface area (Å²) >= 11 is 0. The second-order valence-electron chi connectivity index (χ2n) is 2.95. The van der Waals surface area contributed by atoms with Crippen LogP contribution in [0.5, 0.6) is 11.5 Å². The Morgan fingerprint density at radius 1 is 1.13 bits per heavy atom. The smallest absolute Gasteiger partial charge is 0.166 e. The number of hydrogen-bond donors (Lipinski definition) is 1. The van der Waals surface area contributed by atoms with Gasteiger partial charge in [0.1, 0.15) is 18.1 Å². The summed E-state index contributed by atoms with van der Waals surface area (Å²) in [4.78, 5) is 8.04. The number of nitrogens with zero attached hydrogens (tertiary/aromatic N) is 2. The maximum atomic E-state index is 9.20. The van der Waals surface area contributed by atoms with Gasteiger partial charge in [0.2, 0.25) is 0 Å². The zero-order valence-corrected chi connectivity index (χ0v) is 8.00. The highest BCUT2D eigenvalue weighted by atomic mass is 16.5. The maximum Gasteiger partial charge on any atom is 0.166 e. The van der Waals surface area contributed by atoms with Crippen LogP contribution in [0.3, 0.4) is 0 Å². The van der Waals surface area contributed by atoms with Crippen molar-refractivity contribution < 1.29 is 9.84 Å². The van der Waals surface area contributed by atoms with Gasteiger partial charge in [-0.1, -0.05) is 6.07 Å². The number of aromatic hydroxyl groups is 1. The number of aromatic nitrogens is 2. The van der Waals surface area contributed by atoms with Crippen molar-refractivity contribution in [1.29, 1.82) is 0 Å². The van der Waals surface area contributed by atoms with Gasteiger partial charge in [0, 0.05) is 18.5 Å². The fourth-order valence-electron chi connectivity index (χ4n) is 1.13. The van der Waals surface area contributed by atoms with Crippen LogP contribution < -0.4 is 4.74 Å². The standard InChI is InChI=1S/C11H10N2O2/c14-9-3-1-4-10(7-9)15-8-11-12-5-2-6-13-11/h1-7,14H,8H2. The highest BCUT2D eigenvalue weighted by Crippen LogP contribution is 2.18. The Bertz CT molecular complexity index is 432. The van der Waals surface area contributed by atoms with Crippen molar-refractivity contribution in [1.82, 2.24) is 9.97 Å². The molecule has 0 spiro atoms. The van der Waals surface area contributed by atoms with E-state index in [1.807, 2.05) is 0 Å². The minimum absolute atomic E-state index is 0.182. The first kappa shape index (κ1) is 9.45. The topological polar surface area (TPSA) is 55.2 Å². The van der Waals surface area contributed by atoms with E-state index in [2.05, 4.69) is 9.97 Å². The molecular formula is C11H10N2O2. The van der Waals surface area contributed by atoms with Crippen LogP contribution in [-0.4, -0.2) is 15.1 Å². The lowest BCUT2D eigenvalue weighted by atomic mass is 10.3. The van der Waals surface area contributed by atoms with Crippen LogP contribution in [-0.2, 0) is 6.61 Å². The van der Waals surface area contributed by atoms with Gasteiger partial charge in [0.25, 0.3) is 0 Å². The molecule has 76 valence electrons. The fraction of sp³-hybridized carbons (Fsp3) is 0.0909. The SMILES string of the molecule is Oc1cccc(OCc2ncccn2)c1. The van der Waals surface area contributed by atoms with E-state index in [1.54, 1.807) is 42.7 Å². The van der Waals surface area contributed by atoms with Gasteiger partial charge in [-0.15, -0.1) is 0 Å². The van der Waals surface area contributed by atoms with Gasteiger partial charge in [0.15, 0.2) is 5.82 Å². The van der Waals surface area contributed by atoms with E-state index in [4.69, 9.17) is 4.74 Å². The number of hydrogen-bond acceptors (Lipinski definition) is 4. The highest BCUT2D eigenvalue weighted by molar-refractivity contribution is 5.31. The lowest BCUT2D eigenvalue weighted by Gasteiger charge is -2.04. The summed E-state index contributed by atoms with van der Waals surface area (Å²) < 4.78 is 5.39. The van der Waals surface area contributed by atoms with Crippen LogP contribution in [0.1, 0.15) is 5.82 Å². The summed E-state index contributed by atoms with van der Waals surface area (Å²) in [5, 5.41) is 9.20. The molecule has 1 heterocycles. The molecule has 0 unspecified atom stereocenters. The van der Waals surface area contributed by atoms with Gasteiger partial charge in [-0.2, -0.15) is 0 Å². The lowest BCUT2D eigenvalue weighted by molar-refractivity contribution is 0.294. The summed E-state index contributed by atoms with van der Waals surface area (Å²) in [5.74, 6) is 1.39. The zero-order chi connectivity index (χ0) is 10.5.